The molecule has 0 fully saturated rings. The lowest BCUT2D eigenvalue weighted by atomic mass is 10.3. The van der Waals surface area contributed by atoms with Crippen LogP contribution >= 0.6 is 34.2 Å². The molecule has 0 saturated heterocycles. The first kappa shape index (κ1) is 12.8. The van der Waals surface area contributed by atoms with Crippen molar-refractivity contribution in [1.82, 2.24) is 0 Å². The van der Waals surface area contributed by atoms with Crippen LogP contribution in [0, 0.1) is 3.57 Å². The van der Waals surface area contributed by atoms with Gasteiger partial charge in [0.15, 0.2) is 5.75 Å². The monoisotopic (exact) mass is 338 g/mol. The van der Waals surface area contributed by atoms with Crippen LogP contribution in [0.25, 0.3) is 0 Å². The normalized spacial score (nSPS) is 10.1. The molecule has 0 heterocycles. The summed E-state index contributed by atoms with van der Waals surface area (Å²) >= 11 is 7.80. The third kappa shape index (κ3) is 3.99. The van der Waals surface area contributed by atoms with E-state index in [4.69, 9.17) is 16.3 Å². The van der Waals surface area contributed by atoms with Crippen LogP contribution in [0.3, 0.4) is 0 Å². The van der Waals surface area contributed by atoms with Gasteiger partial charge in [-0.15, -0.1) is 0 Å². The molecule has 0 aliphatic rings. The molecule has 1 rings (SSSR count). The number of rotatable bonds is 4. The summed E-state index contributed by atoms with van der Waals surface area (Å²) in [5, 5.41) is 0.543. The summed E-state index contributed by atoms with van der Waals surface area (Å²) in [5.74, 6) is 0.375. The van der Waals surface area contributed by atoms with Gasteiger partial charge in [0, 0.05) is 5.02 Å². The van der Waals surface area contributed by atoms with Crippen LogP contribution in [-0.2, 0) is 0 Å². The zero-order valence-corrected chi connectivity index (χ0v) is 11.3. The molecular weight excluding hydrogens is 326 g/mol. The maximum absolute atomic E-state index is 11.7. The van der Waals surface area contributed by atoms with Crippen LogP contribution in [0.1, 0.15) is 19.8 Å². The summed E-state index contributed by atoms with van der Waals surface area (Å²) in [4.78, 5) is 11.7. The Balaban J connectivity index is 2.94. The fourth-order valence-electron chi connectivity index (χ4n) is 1.02. The van der Waals surface area contributed by atoms with Crippen molar-refractivity contribution in [3.8, 4) is 5.75 Å². The Kier molecular flexibility index (Phi) is 5.39. The van der Waals surface area contributed by atoms with Crippen LogP contribution in [0.2, 0.25) is 5.02 Å². The van der Waals surface area contributed by atoms with Crippen LogP contribution < -0.4 is 10.2 Å². The van der Waals surface area contributed by atoms with Gasteiger partial charge >= 0.3 is 0 Å². The summed E-state index contributed by atoms with van der Waals surface area (Å²) in [6, 6.07) is 4.94. The lowest BCUT2D eigenvalue weighted by molar-refractivity contribution is 0.307. The molecule has 0 N–H and O–H groups in total. The molecule has 1 aromatic rings. The number of hydrogen-bond acceptors (Lipinski definition) is 2. The first-order chi connectivity index (χ1) is 7.15. The molecule has 1 aromatic carbocycles. The largest absolute Gasteiger partial charge is 0.489 e. The molecule has 0 bridgehead atoms. The molecule has 0 radical (unpaired) electrons. The Bertz CT molecular complexity index is 393. The summed E-state index contributed by atoms with van der Waals surface area (Å²) in [5.41, 5.74) is -0.0985. The Labute approximate surface area is 108 Å². The van der Waals surface area contributed by atoms with E-state index in [0.717, 1.165) is 12.8 Å². The summed E-state index contributed by atoms with van der Waals surface area (Å²) in [6.45, 7) is 2.65. The smallest absolute Gasteiger partial charge is 0.233 e. The average Bonchev–Trinajstić information content (AvgIpc) is 2.31. The van der Waals surface area contributed by atoms with E-state index in [0.29, 0.717) is 20.9 Å². The summed E-state index contributed by atoms with van der Waals surface area (Å²) in [7, 11) is 0. The minimum absolute atomic E-state index is 0.0985. The van der Waals surface area contributed by atoms with Crippen molar-refractivity contribution in [2.45, 2.75) is 19.8 Å². The average molecular weight is 339 g/mol. The molecule has 0 spiro atoms. The Morgan fingerprint density at radius 3 is 2.87 bits per heavy atom. The molecule has 0 unspecified atom stereocenters. The molecular formula is C11H12ClIO2. The minimum Gasteiger partial charge on any atom is -0.489 e. The highest BCUT2D eigenvalue weighted by Crippen LogP contribution is 2.13. The highest BCUT2D eigenvalue weighted by atomic mass is 127. The maximum Gasteiger partial charge on any atom is 0.233 e. The molecule has 0 saturated carbocycles. The van der Waals surface area contributed by atoms with E-state index in [-0.39, 0.29) is 5.43 Å². The van der Waals surface area contributed by atoms with E-state index >= 15 is 0 Å². The molecule has 4 heteroatoms. The third-order valence-corrected chi connectivity index (χ3v) is 2.89. The van der Waals surface area contributed by atoms with Crippen molar-refractivity contribution < 1.29 is 4.74 Å². The van der Waals surface area contributed by atoms with Crippen molar-refractivity contribution in [1.29, 1.82) is 0 Å². The number of unbranched alkanes of at least 4 members (excludes halogenated alkanes) is 1. The number of halogens is 2. The second-order valence-corrected chi connectivity index (χ2v) is 4.70. The van der Waals surface area contributed by atoms with E-state index in [1.54, 1.807) is 18.2 Å². The van der Waals surface area contributed by atoms with Crippen LogP contribution in [0.4, 0.5) is 0 Å². The quantitative estimate of drug-likeness (QED) is 0.620. The van der Waals surface area contributed by atoms with Gasteiger partial charge in [-0.25, -0.2) is 0 Å². The van der Waals surface area contributed by atoms with E-state index in [9.17, 15) is 4.79 Å². The van der Waals surface area contributed by atoms with Gasteiger partial charge < -0.3 is 4.74 Å². The second-order valence-electron chi connectivity index (χ2n) is 3.11. The molecule has 0 atom stereocenters. The van der Waals surface area contributed by atoms with Crippen molar-refractivity contribution in [3.05, 3.63) is 37.0 Å². The maximum atomic E-state index is 11.7. The van der Waals surface area contributed by atoms with E-state index < -0.39 is 0 Å². The van der Waals surface area contributed by atoms with Crippen LogP contribution in [-0.4, -0.2) is 6.61 Å². The van der Waals surface area contributed by atoms with Gasteiger partial charge in [-0.05, 0) is 47.2 Å². The van der Waals surface area contributed by atoms with Gasteiger partial charge in [-0.2, -0.15) is 0 Å². The van der Waals surface area contributed by atoms with Crippen molar-refractivity contribution >= 4 is 34.2 Å². The summed E-state index contributed by atoms with van der Waals surface area (Å²) < 4.78 is 5.97. The highest BCUT2D eigenvalue weighted by Gasteiger charge is 2.03. The topological polar surface area (TPSA) is 26.3 Å². The van der Waals surface area contributed by atoms with E-state index in [1.807, 2.05) is 22.6 Å². The number of ether oxygens (including phenoxy) is 1. The van der Waals surface area contributed by atoms with Gasteiger partial charge in [0.2, 0.25) is 5.43 Å². The Morgan fingerprint density at radius 1 is 1.47 bits per heavy atom. The van der Waals surface area contributed by atoms with Crippen molar-refractivity contribution in [2.24, 2.45) is 0 Å². The van der Waals surface area contributed by atoms with Gasteiger partial charge in [0.05, 0.1) is 10.2 Å². The van der Waals surface area contributed by atoms with Crippen LogP contribution in [0.15, 0.2) is 23.0 Å². The Hall–Kier alpha value is -0.290. The van der Waals surface area contributed by atoms with E-state index in [1.165, 1.54) is 0 Å². The van der Waals surface area contributed by atoms with Gasteiger partial charge in [-0.1, -0.05) is 24.9 Å². The predicted molar refractivity (Wildman–Crippen MR) is 70.8 cm³/mol. The zero-order valence-electron chi connectivity index (χ0n) is 8.43. The molecule has 0 amide bonds. The lowest BCUT2D eigenvalue weighted by Crippen LogP contribution is -2.08. The SMILES string of the molecule is CCCCOc1ccc(Cl)cc(I)c1=O. The molecule has 0 aliphatic heterocycles. The fraction of sp³-hybridized carbons (Fsp3) is 0.364. The zero-order chi connectivity index (χ0) is 11.3. The molecule has 0 aromatic heterocycles. The van der Waals surface area contributed by atoms with Gasteiger partial charge in [0.25, 0.3) is 0 Å². The van der Waals surface area contributed by atoms with Crippen LogP contribution in [0.5, 0.6) is 5.75 Å². The number of hydrogen-bond donors (Lipinski definition) is 0. The predicted octanol–water partition coefficient (Wildman–Crippen LogP) is 3.48. The van der Waals surface area contributed by atoms with Crippen molar-refractivity contribution in [2.75, 3.05) is 6.61 Å². The second kappa shape index (κ2) is 6.33. The first-order valence-corrected chi connectivity index (χ1v) is 6.23. The minimum atomic E-state index is -0.0985. The first-order valence-electron chi connectivity index (χ1n) is 4.77. The standard InChI is InChI=1S/C11H12ClIO2/c1-2-3-6-15-10-5-4-8(12)7-9(13)11(10)14/h4-5,7H,2-3,6H2,1H3. The molecule has 15 heavy (non-hydrogen) atoms. The van der Waals surface area contributed by atoms with Crippen molar-refractivity contribution in [3.63, 3.8) is 0 Å². The lowest BCUT2D eigenvalue weighted by Gasteiger charge is -2.01. The van der Waals surface area contributed by atoms with Gasteiger partial charge in [-0.3, -0.25) is 4.79 Å². The fourth-order valence-corrected chi connectivity index (χ4v) is 1.98. The summed E-state index contributed by atoms with van der Waals surface area (Å²) in [6.07, 6.45) is 1.99. The Morgan fingerprint density at radius 2 is 2.20 bits per heavy atom. The van der Waals surface area contributed by atoms with Gasteiger partial charge in [0.1, 0.15) is 0 Å². The molecule has 2 nitrogen and oxygen atoms in total. The third-order valence-electron chi connectivity index (χ3n) is 1.85. The molecule has 82 valence electrons. The molecule has 0 aliphatic carbocycles. The van der Waals surface area contributed by atoms with E-state index in [2.05, 4.69) is 6.92 Å². The highest BCUT2D eigenvalue weighted by molar-refractivity contribution is 14.1.